The van der Waals surface area contributed by atoms with Crippen LogP contribution in [0.2, 0.25) is 0 Å². The molecule has 3 aliphatic rings. The van der Waals surface area contributed by atoms with Crippen molar-refractivity contribution in [3.63, 3.8) is 0 Å². The molecule has 2 amide bonds. The van der Waals surface area contributed by atoms with Crippen molar-refractivity contribution in [2.75, 3.05) is 31.7 Å². The van der Waals surface area contributed by atoms with E-state index in [2.05, 4.69) is 9.72 Å². The molecule has 0 N–H and O–H groups in total. The molecule has 2 fully saturated rings. The Morgan fingerprint density at radius 3 is 2.74 bits per heavy atom. The summed E-state index contributed by atoms with van der Waals surface area (Å²) in [6.07, 6.45) is 4.76. The highest BCUT2D eigenvalue weighted by molar-refractivity contribution is 6.03. The fraction of sp³-hybridized carbons (Fsp3) is 0.440. The smallest absolute Gasteiger partial charge is 0.325 e. The van der Waals surface area contributed by atoms with E-state index in [0.717, 1.165) is 12.3 Å². The van der Waals surface area contributed by atoms with E-state index >= 15 is 0 Å². The Balaban J connectivity index is 1.22. The Labute approximate surface area is 201 Å². The number of nitrogens with zero attached hydrogens (tertiary/aromatic N) is 3. The van der Waals surface area contributed by atoms with Gasteiger partial charge in [0.2, 0.25) is 5.88 Å². The number of fused-ring (bicyclic) bond motifs is 1. The summed E-state index contributed by atoms with van der Waals surface area (Å²) in [5, 5.41) is 0. The van der Waals surface area contributed by atoms with Crippen molar-refractivity contribution in [1.29, 1.82) is 0 Å². The number of rotatable bonds is 9. The molecular weight excluding hydrogens is 457 g/mol. The number of hydrogen-bond donors (Lipinski definition) is 0. The highest BCUT2D eigenvalue weighted by atomic mass is 19.1. The average molecular weight is 483 g/mol. The van der Waals surface area contributed by atoms with Gasteiger partial charge in [0.25, 0.3) is 11.8 Å². The fourth-order valence-corrected chi connectivity index (χ4v) is 4.35. The minimum atomic E-state index is -0.749. The number of benzene rings is 1. The van der Waals surface area contributed by atoms with Gasteiger partial charge in [0.05, 0.1) is 26.5 Å². The maximum absolute atomic E-state index is 14.8. The molecule has 0 spiro atoms. The summed E-state index contributed by atoms with van der Waals surface area (Å²) in [5.74, 6) is -0.261. The predicted octanol–water partition coefficient (Wildman–Crippen LogP) is 2.71. The first-order chi connectivity index (χ1) is 16.9. The molecule has 2 aliphatic heterocycles. The van der Waals surface area contributed by atoms with Gasteiger partial charge in [-0.05, 0) is 30.5 Å². The van der Waals surface area contributed by atoms with Gasteiger partial charge in [-0.3, -0.25) is 14.4 Å². The molecule has 35 heavy (non-hydrogen) atoms. The number of esters is 1. The second-order valence-corrected chi connectivity index (χ2v) is 8.99. The molecule has 184 valence electrons. The number of methoxy groups -OCH3 is 1. The molecule has 1 unspecified atom stereocenters. The first-order valence-electron chi connectivity index (χ1n) is 11.7. The van der Waals surface area contributed by atoms with Gasteiger partial charge in [-0.25, -0.2) is 9.37 Å². The summed E-state index contributed by atoms with van der Waals surface area (Å²) in [5.41, 5.74) is 0.623. The van der Waals surface area contributed by atoms with Crippen LogP contribution in [0.5, 0.6) is 11.6 Å². The van der Waals surface area contributed by atoms with Crippen molar-refractivity contribution in [1.82, 2.24) is 9.88 Å². The number of halogens is 1. The monoisotopic (exact) mass is 483 g/mol. The summed E-state index contributed by atoms with van der Waals surface area (Å²) in [4.78, 5) is 44.1. The van der Waals surface area contributed by atoms with Crippen LogP contribution < -0.4 is 14.4 Å². The number of hydrogen-bond acceptors (Lipinski definition) is 7. The highest BCUT2D eigenvalue weighted by Crippen LogP contribution is 2.33. The van der Waals surface area contributed by atoms with Crippen LogP contribution in [0, 0.1) is 11.7 Å². The molecule has 1 saturated heterocycles. The fourth-order valence-electron chi connectivity index (χ4n) is 4.35. The van der Waals surface area contributed by atoms with Gasteiger partial charge in [-0.2, -0.15) is 0 Å². The van der Waals surface area contributed by atoms with Crippen molar-refractivity contribution >= 4 is 23.5 Å². The van der Waals surface area contributed by atoms with Gasteiger partial charge in [-0.1, -0.05) is 12.8 Å². The molecular formula is C25H26FN3O6. The topological polar surface area (TPSA) is 98.3 Å². The van der Waals surface area contributed by atoms with Gasteiger partial charge < -0.3 is 24.0 Å². The van der Waals surface area contributed by atoms with E-state index in [9.17, 15) is 18.8 Å². The van der Waals surface area contributed by atoms with Gasteiger partial charge in [0.15, 0.2) is 6.10 Å². The number of anilines is 1. The number of amides is 2. The van der Waals surface area contributed by atoms with Crippen molar-refractivity contribution in [3.05, 3.63) is 47.4 Å². The lowest BCUT2D eigenvalue weighted by molar-refractivity contribution is -0.141. The van der Waals surface area contributed by atoms with E-state index in [1.165, 1.54) is 48.1 Å². The van der Waals surface area contributed by atoms with Crippen LogP contribution in [0.25, 0.3) is 0 Å². The number of carbonyl (C=O) groups excluding carboxylic acids is 3. The maximum Gasteiger partial charge on any atom is 0.325 e. The molecule has 10 heteroatoms. The third-order valence-corrected chi connectivity index (χ3v) is 6.52. The van der Waals surface area contributed by atoms with E-state index in [4.69, 9.17) is 9.47 Å². The molecule has 1 aromatic heterocycles. The zero-order valence-electron chi connectivity index (χ0n) is 19.4. The lowest BCUT2D eigenvalue weighted by Gasteiger charge is -2.18. The zero-order chi connectivity index (χ0) is 24.5. The highest BCUT2D eigenvalue weighted by Gasteiger charge is 2.37. The Kier molecular flexibility index (Phi) is 6.27. The Hall–Kier alpha value is -3.69. The van der Waals surface area contributed by atoms with Crippen LogP contribution in [-0.4, -0.2) is 60.6 Å². The third kappa shape index (κ3) is 4.91. The van der Waals surface area contributed by atoms with E-state index in [1.54, 1.807) is 12.1 Å². The normalized spacial score (nSPS) is 19.2. The molecule has 1 aliphatic carbocycles. The first-order valence-corrected chi connectivity index (χ1v) is 11.7. The molecule has 1 atom stereocenters. The molecule has 1 saturated carbocycles. The van der Waals surface area contributed by atoms with Crippen LogP contribution in [0.4, 0.5) is 10.1 Å². The minimum Gasteiger partial charge on any atom is -0.479 e. The minimum absolute atomic E-state index is 0.0254. The molecule has 3 heterocycles. The van der Waals surface area contributed by atoms with Gasteiger partial charge in [0, 0.05) is 35.8 Å². The van der Waals surface area contributed by atoms with Gasteiger partial charge in [0.1, 0.15) is 18.1 Å². The molecule has 5 rings (SSSR count). The van der Waals surface area contributed by atoms with Crippen molar-refractivity contribution < 1.29 is 33.0 Å². The Bertz CT molecular complexity index is 1150. The van der Waals surface area contributed by atoms with Crippen molar-refractivity contribution in [3.8, 4) is 11.6 Å². The van der Waals surface area contributed by atoms with Crippen molar-refractivity contribution in [2.45, 2.75) is 38.3 Å². The number of aromatic nitrogens is 1. The average Bonchev–Trinajstić information content (AvgIpc) is 3.54. The molecule has 9 nitrogen and oxygen atoms in total. The number of pyridine rings is 1. The second-order valence-electron chi connectivity index (χ2n) is 8.99. The lowest BCUT2D eigenvalue weighted by Crippen LogP contribution is -2.32. The zero-order valence-corrected chi connectivity index (χ0v) is 19.4. The quantitative estimate of drug-likeness (QED) is 0.506. The summed E-state index contributed by atoms with van der Waals surface area (Å²) in [6.45, 7) is 0.657. The summed E-state index contributed by atoms with van der Waals surface area (Å²) >= 11 is 0. The van der Waals surface area contributed by atoms with E-state index < -0.39 is 23.8 Å². The van der Waals surface area contributed by atoms with Crippen LogP contribution >= 0.6 is 0 Å². The summed E-state index contributed by atoms with van der Waals surface area (Å²) < 4.78 is 30.9. The van der Waals surface area contributed by atoms with Crippen LogP contribution in [0.1, 0.15) is 41.6 Å². The lowest BCUT2D eigenvalue weighted by atomic mass is 10.1. The van der Waals surface area contributed by atoms with E-state index in [0.29, 0.717) is 31.2 Å². The summed E-state index contributed by atoms with van der Waals surface area (Å²) in [6, 6.07) is 6.15. The van der Waals surface area contributed by atoms with E-state index in [-0.39, 0.29) is 35.8 Å². The predicted molar refractivity (Wildman–Crippen MR) is 122 cm³/mol. The van der Waals surface area contributed by atoms with Crippen LogP contribution in [0.15, 0.2) is 30.5 Å². The van der Waals surface area contributed by atoms with Crippen LogP contribution in [-0.2, 0) is 20.9 Å². The molecule has 1 aromatic carbocycles. The first kappa shape index (κ1) is 23.1. The standard InChI is InChI=1S/C25H26FN3O6/c1-33-23(30)14-28-13-19-18(24(28)31)10-16(11-20(19)26)29-8-6-21(25(29)32)35-17-4-5-22(27-12-17)34-9-7-15-2-3-15/h4-5,10-12,15,21H,2-3,6-9,13-14H2,1H3. The van der Waals surface area contributed by atoms with Crippen LogP contribution in [0.3, 0.4) is 0 Å². The molecule has 0 radical (unpaired) electrons. The largest absolute Gasteiger partial charge is 0.479 e. The SMILES string of the molecule is COC(=O)CN1Cc2c(F)cc(N3CCC(Oc4ccc(OCCC5CC5)nc4)C3=O)cc2C1=O. The van der Waals surface area contributed by atoms with Gasteiger partial charge >= 0.3 is 5.97 Å². The third-order valence-electron chi connectivity index (χ3n) is 6.52. The van der Waals surface area contributed by atoms with Gasteiger partial charge in [-0.15, -0.1) is 0 Å². The van der Waals surface area contributed by atoms with Crippen molar-refractivity contribution in [2.24, 2.45) is 5.92 Å². The number of carbonyl (C=O) groups is 3. The second kappa shape index (κ2) is 9.52. The molecule has 2 aromatic rings. The molecule has 0 bridgehead atoms. The number of ether oxygens (including phenoxy) is 3. The maximum atomic E-state index is 14.8. The Morgan fingerprint density at radius 1 is 1.20 bits per heavy atom. The summed E-state index contributed by atoms with van der Waals surface area (Å²) in [7, 11) is 1.22. The Morgan fingerprint density at radius 2 is 2.03 bits per heavy atom. The van der Waals surface area contributed by atoms with E-state index in [1.807, 2.05) is 0 Å².